The van der Waals surface area contributed by atoms with Crippen LogP contribution >= 0.6 is 0 Å². The number of carbonyl (C=O) groups excluding carboxylic acids is 1. The van der Waals surface area contributed by atoms with E-state index in [9.17, 15) is 4.79 Å². The predicted octanol–water partition coefficient (Wildman–Crippen LogP) is 3.35. The standard InChI is InChI=1S/C21H25N3O/c25-21(18-10-12-22-13-11-18)24-15-5-9-20(24)19-8-4-14-23(19)16-17-6-2-1-3-7-17/h1-3,6-7,10-13,19-20H,4-5,8-9,14-16H2/t19-,20+/m1/s1. The molecule has 0 N–H and O–H groups in total. The minimum absolute atomic E-state index is 0.163. The molecule has 2 saturated heterocycles. The average molecular weight is 335 g/mol. The number of rotatable bonds is 4. The molecule has 0 bridgehead atoms. The number of benzene rings is 1. The molecule has 2 aliphatic rings. The smallest absolute Gasteiger partial charge is 0.254 e. The lowest BCUT2D eigenvalue weighted by atomic mass is 10.0. The maximum Gasteiger partial charge on any atom is 0.254 e. The Balaban J connectivity index is 1.50. The molecule has 2 fully saturated rings. The van der Waals surface area contributed by atoms with Crippen LogP contribution in [0.5, 0.6) is 0 Å². The largest absolute Gasteiger partial charge is 0.334 e. The molecule has 0 aliphatic carbocycles. The molecule has 25 heavy (non-hydrogen) atoms. The summed E-state index contributed by atoms with van der Waals surface area (Å²) in [6.45, 7) is 2.99. The molecule has 2 aromatic rings. The summed E-state index contributed by atoms with van der Waals surface area (Å²) >= 11 is 0. The molecule has 0 saturated carbocycles. The Hall–Kier alpha value is -2.20. The molecule has 0 spiro atoms. The SMILES string of the molecule is O=C(c1ccncc1)N1CCC[C@H]1[C@H]1CCCN1Cc1ccccc1. The Morgan fingerprint density at radius 3 is 2.48 bits per heavy atom. The number of likely N-dealkylation sites (tertiary alicyclic amines) is 2. The van der Waals surface area contributed by atoms with Crippen LogP contribution in [-0.4, -0.2) is 45.9 Å². The summed E-state index contributed by atoms with van der Waals surface area (Å²) in [5.74, 6) is 0.163. The molecular weight excluding hydrogens is 310 g/mol. The number of carbonyl (C=O) groups is 1. The summed E-state index contributed by atoms with van der Waals surface area (Å²) < 4.78 is 0. The van der Waals surface area contributed by atoms with Gasteiger partial charge in [0, 0.05) is 43.1 Å². The van der Waals surface area contributed by atoms with E-state index >= 15 is 0 Å². The van der Waals surface area contributed by atoms with Crippen LogP contribution in [-0.2, 0) is 6.54 Å². The number of aromatic nitrogens is 1. The second kappa shape index (κ2) is 7.36. The number of amides is 1. The summed E-state index contributed by atoms with van der Waals surface area (Å²) in [7, 11) is 0. The Labute approximate surface area is 149 Å². The molecule has 0 unspecified atom stereocenters. The predicted molar refractivity (Wildman–Crippen MR) is 98.2 cm³/mol. The Kier molecular flexibility index (Phi) is 4.79. The number of hydrogen-bond acceptors (Lipinski definition) is 3. The van der Waals surface area contributed by atoms with Gasteiger partial charge in [-0.2, -0.15) is 0 Å². The molecule has 1 aromatic carbocycles. The van der Waals surface area contributed by atoms with Crippen molar-refractivity contribution in [2.75, 3.05) is 13.1 Å². The van der Waals surface area contributed by atoms with Crippen LogP contribution in [0.3, 0.4) is 0 Å². The topological polar surface area (TPSA) is 36.4 Å². The van der Waals surface area contributed by atoms with Crippen LogP contribution in [0.15, 0.2) is 54.9 Å². The lowest BCUT2D eigenvalue weighted by Crippen LogP contribution is -2.48. The average Bonchev–Trinajstić information content (AvgIpc) is 3.31. The first-order valence-corrected chi connectivity index (χ1v) is 9.32. The zero-order valence-corrected chi connectivity index (χ0v) is 14.6. The van der Waals surface area contributed by atoms with Gasteiger partial charge in [-0.25, -0.2) is 0 Å². The number of nitrogens with zero attached hydrogens (tertiary/aromatic N) is 3. The van der Waals surface area contributed by atoms with Crippen molar-refractivity contribution in [3.63, 3.8) is 0 Å². The Morgan fingerprint density at radius 1 is 0.960 bits per heavy atom. The van der Waals surface area contributed by atoms with E-state index in [0.29, 0.717) is 12.1 Å². The van der Waals surface area contributed by atoms with Crippen LogP contribution in [0.25, 0.3) is 0 Å². The molecule has 4 heteroatoms. The second-order valence-corrected chi connectivity index (χ2v) is 7.11. The van der Waals surface area contributed by atoms with E-state index < -0.39 is 0 Å². The van der Waals surface area contributed by atoms with Gasteiger partial charge in [0.25, 0.3) is 5.91 Å². The fraction of sp³-hybridized carbons (Fsp3) is 0.429. The maximum absolute atomic E-state index is 13.0. The van der Waals surface area contributed by atoms with Gasteiger partial charge in [0.2, 0.25) is 0 Å². The lowest BCUT2D eigenvalue weighted by Gasteiger charge is -2.35. The van der Waals surface area contributed by atoms with Gasteiger partial charge in [0.15, 0.2) is 0 Å². The fourth-order valence-electron chi connectivity index (χ4n) is 4.41. The zero-order chi connectivity index (χ0) is 17.1. The van der Waals surface area contributed by atoms with Crippen LogP contribution in [0.2, 0.25) is 0 Å². The van der Waals surface area contributed by atoms with E-state index in [2.05, 4.69) is 45.1 Å². The first-order chi connectivity index (χ1) is 12.3. The van der Waals surface area contributed by atoms with Gasteiger partial charge >= 0.3 is 0 Å². The first-order valence-electron chi connectivity index (χ1n) is 9.32. The highest BCUT2D eigenvalue weighted by molar-refractivity contribution is 5.94. The first kappa shape index (κ1) is 16.3. The van der Waals surface area contributed by atoms with E-state index in [1.165, 1.54) is 18.4 Å². The molecule has 1 aromatic heterocycles. The van der Waals surface area contributed by atoms with E-state index in [4.69, 9.17) is 0 Å². The van der Waals surface area contributed by atoms with Crippen LogP contribution in [0.4, 0.5) is 0 Å². The van der Waals surface area contributed by atoms with Crippen molar-refractivity contribution in [3.8, 4) is 0 Å². The molecule has 3 heterocycles. The van der Waals surface area contributed by atoms with Crippen molar-refractivity contribution in [2.45, 2.75) is 44.3 Å². The van der Waals surface area contributed by atoms with Crippen molar-refractivity contribution >= 4 is 5.91 Å². The van der Waals surface area contributed by atoms with Gasteiger partial charge in [-0.1, -0.05) is 30.3 Å². The highest BCUT2D eigenvalue weighted by atomic mass is 16.2. The summed E-state index contributed by atoms with van der Waals surface area (Å²) in [6, 6.07) is 15.2. The van der Waals surface area contributed by atoms with Crippen molar-refractivity contribution in [3.05, 3.63) is 66.0 Å². The number of pyridine rings is 1. The normalized spacial score (nSPS) is 23.9. The highest BCUT2D eigenvalue weighted by Crippen LogP contribution is 2.32. The van der Waals surface area contributed by atoms with Crippen LogP contribution < -0.4 is 0 Å². The van der Waals surface area contributed by atoms with E-state index in [-0.39, 0.29) is 5.91 Å². The molecule has 2 atom stereocenters. The van der Waals surface area contributed by atoms with Crippen molar-refractivity contribution in [1.82, 2.24) is 14.8 Å². The fourth-order valence-corrected chi connectivity index (χ4v) is 4.41. The number of hydrogen-bond donors (Lipinski definition) is 0. The van der Waals surface area contributed by atoms with Gasteiger partial charge in [-0.15, -0.1) is 0 Å². The van der Waals surface area contributed by atoms with E-state index in [1.807, 2.05) is 12.1 Å². The highest BCUT2D eigenvalue weighted by Gasteiger charge is 2.39. The lowest BCUT2D eigenvalue weighted by molar-refractivity contribution is 0.0639. The van der Waals surface area contributed by atoms with Gasteiger partial charge < -0.3 is 4.90 Å². The van der Waals surface area contributed by atoms with Crippen LogP contribution in [0, 0.1) is 0 Å². The Bertz CT molecular complexity index is 704. The molecule has 130 valence electrons. The maximum atomic E-state index is 13.0. The summed E-state index contributed by atoms with van der Waals surface area (Å²) in [6.07, 6.45) is 8.05. The molecule has 4 rings (SSSR count). The Morgan fingerprint density at radius 2 is 1.68 bits per heavy atom. The summed E-state index contributed by atoms with van der Waals surface area (Å²) in [5.41, 5.74) is 2.12. The molecule has 2 aliphatic heterocycles. The van der Waals surface area contributed by atoms with Crippen LogP contribution in [0.1, 0.15) is 41.6 Å². The third-order valence-electron chi connectivity index (χ3n) is 5.57. The van der Waals surface area contributed by atoms with Gasteiger partial charge in [-0.05, 0) is 49.9 Å². The minimum Gasteiger partial charge on any atom is -0.334 e. The van der Waals surface area contributed by atoms with Crippen molar-refractivity contribution < 1.29 is 4.79 Å². The third kappa shape index (κ3) is 3.45. The summed E-state index contributed by atoms with van der Waals surface area (Å²) in [4.78, 5) is 21.7. The third-order valence-corrected chi connectivity index (χ3v) is 5.57. The monoisotopic (exact) mass is 335 g/mol. The second-order valence-electron chi connectivity index (χ2n) is 7.11. The van der Waals surface area contributed by atoms with Crippen molar-refractivity contribution in [1.29, 1.82) is 0 Å². The van der Waals surface area contributed by atoms with Gasteiger partial charge in [0.05, 0.1) is 0 Å². The van der Waals surface area contributed by atoms with Gasteiger partial charge in [-0.3, -0.25) is 14.7 Å². The molecular formula is C21H25N3O. The quantitative estimate of drug-likeness (QED) is 0.860. The van der Waals surface area contributed by atoms with E-state index in [0.717, 1.165) is 38.0 Å². The van der Waals surface area contributed by atoms with Gasteiger partial charge in [0.1, 0.15) is 0 Å². The zero-order valence-electron chi connectivity index (χ0n) is 14.6. The van der Waals surface area contributed by atoms with Crippen molar-refractivity contribution in [2.24, 2.45) is 0 Å². The molecule has 1 amide bonds. The molecule has 0 radical (unpaired) electrons. The minimum atomic E-state index is 0.163. The van der Waals surface area contributed by atoms with E-state index in [1.54, 1.807) is 12.4 Å². The summed E-state index contributed by atoms with van der Waals surface area (Å²) in [5, 5.41) is 0. The molecule has 4 nitrogen and oxygen atoms in total.